The number of hydrogen-bond acceptors (Lipinski definition) is 4. The van der Waals surface area contributed by atoms with Gasteiger partial charge in [-0.05, 0) is 54.2 Å². The van der Waals surface area contributed by atoms with Crippen molar-refractivity contribution in [3.8, 4) is 11.8 Å². The third kappa shape index (κ3) is 4.07. The predicted molar refractivity (Wildman–Crippen MR) is 128 cm³/mol. The maximum absolute atomic E-state index is 13.4. The van der Waals surface area contributed by atoms with Gasteiger partial charge in [0.1, 0.15) is 24.9 Å². The van der Waals surface area contributed by atoms with Gasteiger partial charge < -0.3 is 14.5 Å². The van der Waals surface area contributed by atoms with E-state index in [4.69, 9.17) is 10.00 Å². The van der Waals surface area contributed by atoms with Gasteiger partial charge >= 0.3 is 0 Å². The van der Waals surface area contributed by atoms with Crippen molar-refractivity contribution in [3.63, 3.8) is 0 Å². The van der Waals surface area contributed by atoms with Crippen LogP contribution < -0.4 is 4.74 Å². The number of allylic oxidation sites excluding steroid dienone is 1. The number of piperazine rings is 1. The summed E-state index contributed by atoms with van der Waals surface area (Å²) in [6, 6.07) is 13.3. The highest BCUT2D eigenvalue weighted by atomic mass is 16.5. The van der Waals surface area contributed by atoms with Crippen molar-refractivity contribution in [2.75, 3.05) is 6.54 Å². The second-order valence-electron chi connectivity index (χ2n) is 9.42. The van der Waals surface area contributed by atoms with Crippen molar-refractivity contribution in [1.82, 2.24) is 9.80 Å². The third-order valence-corrected chi connectivity index (χ3v) is 7.39. The SMILES string of the molecule is C=CCc1c(OCc2ccc(C#N)cc2)ccc2c1CN1C(=O)CN(C3CCCC3)C(=O)[C@H]1C2. The molecule has 2 fully saturated rings. The second kappa shape index (κ2) is 9.34. The summed E-state index contributed by atoms with van der Waals surface area (Å²) in [4.78, 5) is 30.1. The van der Waals surface area contributed by atoms with Crippen molar-refractivity contribution in [2.45, 2.75) is 63.8 Å². The summed E-state index contributed by atoms with van der Waals surface area (Å²) < 4.78 is 6.17. The van der Waals surface area contributed by atoms with Gasteiger partial charge in [-0.15, -0.1) is 6.58 Å². The van der Waals surface area contributed by atoms with E-state index in [-0.39, 0.29) is 24.4 Å². The summed E-state index contributed by atoms with van der Waals surface area (Å²) in [5.74, 6) is 0.906. The first kappa shape index (κ1) is 22.2. The summed E-state index contributed by atoms with van der Waals surface area (Å²) in [7, 11) is 0. The van der Waals surface area contributed by atoms with Gasteiger partial charge in [0, 0.05) is 24.6 Å². The smallest absolute Gasteiger partial charge is 0.246 e. The van der Waals surface area contributed by atoms with E-state index in [9.17, 15) is 9.59 Å². The zero-order valence-electron chi connectivity index (χ0n) is 19.3. The maximum Gasteiger partial charge on any atom is 0.246 e. The number of amides is 2. The highest BCUT2D eigenvalue weighted by molar-refractivity contribution is 5.95. The molecule has 0 radical (unpaired) electrons. The number of carbonyl (C=O) groups is 2. The summed E-state index contributed by atoms with van der Waals surface area (Å²) in [5.41, 5.74) is 4.80. The lowest BCUT2D eigenvalue weighted by atomic mass is 9.87. The molecule has 6 heteroatoms. The van der Waals surface area contributed by atoms with Crippen molar-refractivity contribution in [2.24, 2.45) is 0 Å². The van der Waals surface area contributed by atoms with Gasteiger partial charge in [-0.25, -0.2) is 0 Å². The summed E-state index contributed by atoms with van der Waals surface area (Å²) in [5, 5.41) is 8.99. The van der Waals surface area contributed by atoms with E-state index in [0.29, 0.717) is 31.6 Å². The fraction of sp³-hybridized carbons (Fsp3) is 0.393. The second-order valence-corrected chi connectivity index (χ2v) is 9.42. The molecule has 0 N–H and O–H groups in total. The van der Waals surface area contributed by atoms with E-state index in [2.05, 4.69) is 12.6 Å². The number of carbonyl (C=O) groups excluding carboxylic acids is 2. The van der Waals surface area contributed by atoms with Crippen LogP contribution in [0.4, 0.5) is 0 Å². The van der Waals surface area contributed by atoms with Crippen molar-refractivity contribution < 1.29 is 14.3 Å². The van der Waals surface area contributed by atoms with Crippen LogP contribution in [0.3, 0.4) is 0 Å². The molecule has 0 unspecified atom stereocenters. The standard InChI is InChI=1S/C28H29N3O3/c1-2-5-23-24-16-31-25(28(33)30(17-27(31)32)22-6-3-4-7-22)14-21(24)12-13-26(23)34-18-20-10-8-19(15-29)9-11-20/h2,8-13,22,25H,1,3-7,14,16-18H2/t25-/m1/s1. The third-order valence-electron chi connectivity index (χ3n) is 7.39. The normalized spacial score (nSPS) is 20.0. The van der Waals surface area contributed by atoms with E-state index in [0.717, 1.165) is 53.7 Å². The molecule has 0 spiro atoms. The molecule has 2 aromatic rings. The number of hydrogen-bond donors (Lipinski definition) is 0. The Labute approximate surface area is 200 Å². The van der Waals surface area contributed by atoms with Crippen LogP contribution in [0.5, 0.6) is 5.75 Å². The van der Waals surface area contributed by atoms with Crippen molar-refractivity contribution in [1.29, 1.82) is 5.26 Å². The van der Waals surface area contributed by atoms with Gasteiger partial charge in [0.2, 0.25) is 11.8 Å². The number of benzene rings is 2. The largest absolute Gasteiger partial charge is 0.489 e. The molecule has 2 heterocycles. The minimum absolute atomic E-state index is 0.0376. The fourth-order valence-corrected chi connectivity index (χ4v) is 5.56. The summed E-state index contributed by atoms with van der Waals surface area (Å²) >= 11 is 0. The van der Waals surface area contributed by atoms with Crippen LogP contribution in [-0.4, -0.2) is 40.2 Å². The lowest BCUT2D eigenvalue weighted by Gasteiger charge is -2.45. The van der Waals surface area contributed by atoms with Crippen molar-refractivity contribution >= 4 is 11.8 Å². The topological polar surface area (TPSA) is 73.6 Å². The van der Waals surface area contributed by atoms with Crippen LogP contribution in [0.2, 0.25) is 0 Å². The highest BCUT2D eigenvalue weighted by Crippen LogP contribution is 2.36. The Kier molecular flexibility index (Phi) is 6.10. The zero-order valence-corrected chi connectivity index (χ0v) is 19.3. The number of nitrogens with zero attached hydrogens (tertiary/aromatic N) is 3. The van der Waals surface area contributed by atoms with E-state index in [1.165, 1.54) is 0 Å². The summed E-state index contributed by atoms with van der Waals surface area (Å²) in [6.45, 7) is 4.93. The van der Waals surface area contributed by atoms with Crippen LogP contribution in [0.1, 0.15) is 53.5 Å². The highest BCUT2D eigenvalue weighted by Gasteiger charge is 2.45. The molecule has 3 aliphatic rings. The maximum atomic E-state index is 13.4. The molecule has 0 aromatic heterocycles. The van der Waals surface area contributed by atoms with E-state index >= 15 is 0 Å². The minimum atomic E-state index is -0.406. The molecule has 1 saturated carbocycles. The van der Waals surface area contributed by atoms with Gasteiger partial charge in [-0.2, -0.15) is 5.26 Å². The van der Waals surface area contributed by atoms with Crippen LogP contribution in [0.25, 0.3) is 0 Å². The van der Waals surface area contributed by atoms with Gasteiger partial charge in [0.05, 0.1) is 11.6 Å². The van der Waals surface area contributed by atoms with Gasteiger partial charge in [0.15, 0.2) is 0 Å². The first-order valence-electron chi connectivity index (χ1n) is 12.1. The number of nitriles is 1. The lowest BCUT2D eigenvalue weighted by Crippen LogP contribution is -2.63. The molecule has 1 aliphatic carbocycles. The van der Waals surface area contributed by atoms with Crippen LogP contribution in [0, 0.1) is 11.3 Å². The van der Waals surface area contributed by atoms with Crippen LogP contribution in [0.15, 0.2) is 49.1 Å². The van der Waals surface area contributed by atoms with E-state index in [1.54, 1.807) is 17.0 Å². The predicted octanol–water partition coefficient (Wildman–Crippen LogP) is 3.90. The molecule has 34 heavy (non-hydrogen) atoms. The Morgan fingerprint density at radius 3 is 2.53 bits per heavy atom. The Morgan fingerprint density at radius 2 is 1.82 bits per heavy atom. The quantitative estimate of drug-likeness (QED) is 0.619. The van der Waals surface area contributed by atoms with E-state index < -0.39 is 6.04 Å². The zero-order chi connectivity index (χ0) is 23.7. The molecule has 2 aliphatic heterocycles. The number of fused-ring (bicyclic) bond motifs is 2. The Bertz CT molecular complexity index is 1160. The average Bonchev–Trinajstić information content (AvgIpc) is 3.40. The fourth-order valence-electron chi connectivity index (χ4n) is 5.56. The Balaban J connectivity index is 1.39. The number of rotatable bonds is 6. The molecule has 1 saturated heterocycles. The molecule has 2 aromatic carbocycles. The first-order chi connectivity index (χ1) is 16.6. The molecule has 174 valence electrons. The molecule has 0 bridgehead atoms. The van der Waals surface area contributed by atoms with Crippen molar-refractivity contribution in [3.05, 3.63) is 76.9 Å². The lowest BCUT2D eigenvalue weighted by molar-refractivity contribution is -0.159. The van der Waals surface area contributed by atoms with Gasteiger partial charge in [-0.3, -0.25) is 9.59 Å². The molecule has 1 atom stereocenters. The molecular formula is C28H29N3O3. The Morgan fingerprint density at radius 1 is 1.06 bits per heavy atom. The average molecular weight is 456 g/mol. The van der Waals surface area contributed by atoms with Gasteiger partial charge in [-0.1, -0.05) is 37.1 Å². The minimum Gasteiger partial charge on any atom is -0.489 e. The summed E-state index contributed by atoms with van der Waals surface area (Å²) in [6.07, 6.45) is 7.30. The molecule has 6 nitrogen and oxygen atoms in total. The molecule has 2 amide bonds. The van der Waals surface area contributed by atoms with Gasteiger partial charge in [0.25, 0.3) is 0 Å². The first-order valence-corrected chi connectivity index (χ1v) is 12.1. The molecule has 5 rings (SSSR count). The van der Waals surface area contributed by atoms with Crippen LogP contribution in [-0.2, 0) is 35.6 Å². The van der Waals surface area contributed by atoms with E-state index in [1.807, 2.05) is 35.2 Å². The Hall–Kier alpha value is -3.59. The number of ether oxygens (including phenoxy) is 1. The molecular weight excluding hydrogens is 426 g/mol. The monoisotopic (exact) mass is 455 g/mol. The van der Waals surface area contributed by atoms with Crippen LogP contribution >= 0.6 is 0 Å².